The number of carbonyl (C=O) groups is 1. The third-order valence-corrected chi connectivity index (χ3v) is 4.14. The Bertz CT molecular complexity index is 827. The van der Waals surface area contributed by atoms with Crippen LogP contribution in [0.2, 0.25) is 0 Å². The van der Waals surface area contributed by atoms with Crippen molar-refractivity contribution < 1.29 is 14.3 Å². The van der Waals surface area contributed by atoms with Crippen LogP contribution in [0.4, 0.5) is 0 Å². The van der Waals surface area contributed by atoms with Gasteiger partial charge in [0.25, 0.3) is 11.5 Å². The van der Waals surface area contributed by atoms with Crippen molar-refractivity contribution in [1.29, 1.82) is 0 Å². The molecule has 2 aromatic rings. The number of rotatable bonds is 6. The molecule has 1 N–H and O–H groups in total. The summed E-state index contributed by atoms with van der Waals surface area (Å²) in [5.74, 6) is 0.908. The molecule has 0 atom stereocenters. The van der Waals surface area contributed by atoms with Gasteiger partial charge in [-0.05, 0) is 42.7 Å². The molecule has 0 aliphatic heterocycles. The van der Waals surface area contributed by atoms with E-state index < -0.39 is 0 Å². The van der Waals surface area contributed by atoms with E-state index in [1.54, 1.807) is 33.4 Å². The van der Waals surface area contributed by atoms with Gasteiger partial charge in [0.15, 0.2) is 11.5 Å². The first-order valence-electron chi connectivity index (χ1n) is 8.10. The predicted molar refractivity (Wildman–Crippen MR) is 96.5 cm³/mol. The van der Waals surface area contributed by atoms with Crippen LogP contribution in [0.1, 0.15) is 34.1 Å². The third kappa shape index (κ3) is 4.02. The molecule has 0 bridgehead atoms. The third-order valence-electron chi connectivity index (χ3n) is 4.14. The molecule has 134 valence electrons. The largest absolute Gasteiger partial charge is 0.493 e. The lowest BCUT2D eigenvalue weighted by atomic mass is 10.1. The van der Waals surface area contributed by atoms with Crippen LogP contribution < -0.4 is 15.0 Å². The molecule has 1 heterocycles. The van der Waals surface area contributed by atoms with Gasteiger partial charge in [0.2, 0.25) is 0 Å². The van der Waals surface area contributed by atoms with Gasteiger partial charge >= 0.3 is 0 Å². The van der Waals surface area contributed by atoms with Crippen molar-refractivity contribution in [3.05, 3.63) is 57.0 Å². The van der Waals surface area contributed by atoms with E-state index in [2.05, 4.69) is 4.98 Å². The molecule has 1 amide bonds. The van der Waals surface area contributed by atoms with Crippen molar-refractivity contribution in [3.8, 4) is 11.5 Å². The monoisotopic (exact) mass is 344 g/mol. The average Bonchev–Trinajstić information content (AvgIpc) is 2.62. The van der Waals surface area contributed by atoms with Crippen LogP contribution >= 0.6 is 0 Å². The quantitative estimate of drug-likeness (QED) is 0.874. The van der Waals surface area contributed by atoms with Gasteiger partial charge in [0, 0.05) is 19.3 Å². The molecule has 0 spiro atoms. The molecule has 0 unspecified atom stereocenters. The minimum absolute atomic E-state index is 0.151. The Hall–Kier alpha value is -2.76. The fourth-order valence-corrected chi connectivity index (χ4v) is 2.73. The smallest absolute Gasteiger partial charge is 0.261 e. The van der Waals surface area contributed by atoms with Crippen LogP contribution in [0.25, 0.3) is 0 Å². The maximum atomic E-state index is 12.6. The second-order valence-electron chi connectivity index (χ2n) is 5.88. The van der Waals surface area contributed by atoms with Crippen molar-refractivity contribution >= 4 is 5.91 Å². The van der Waals surface area contributed by atoms with Crippen molar-refractivity contribution in [1.82, 2.24) is 9.88 Å². The number of aromatic amines is 1. The molecule has 0 fully saturated rings. The van der Waals surface area contributed by atoms with Gasteiger partial charge in [-0.1, -0.05) is 13.0 Å². The van der Waals surface area contributed by atoms with Crippen LogP contribution in [0.3, 0.4) is 0 Å². The lowest BCUT2D eigenvalue weighted by Crippen LogP contribution is -2.32. The highest BCUT2D eigenvalue weighted by molar-refractivity contribution is 5.93. The van der Waals surface area contributed by atoms with E-state index in [1.165, 1.54) is 4.90 Å². The van der Waals surface area contributed by atoms with Crippen LogP contribution in [0.5, 0.6) is 11.5 Å². The minimum Gasteiger partial charge on any atom is -0.493 e. The number of amides is 1. The number of hydrogen-bond acceptors (Lipinski definition) is 4. The summed E-state index contributed by atoms with van der Waals surface area (Å²) < 4.78 is 10.5. The number of aryl methyl sites for hydroxylation is 2. The maximum absolute atomic E-state index is 12.6. The maximum Gasteiger partial charge on any atom is 0.261 e. The lowest BCUT2D eigenvalue weighted by molar-refractivity contribution is 0.0783. The van der Waals surface area contributed by atoms with Gasteiger partial charge < -0.3 is 19.4 Å². The van der Waals surface area contributed by atoms with Crippen molar-refractivity contribution in [2.45, 2.75) is 26.8 Å². The number of pyridine rings is 1. The van der Waals surface area contributed by atoms with Gasteiger partial charge in [0.05, 0.1) is 14.2 Å². The normalized spacial score (nSPS) is 10.4. The summed E-state index contributed by atoms with van der Waals surface area (Å²) in [6.45, 7) is 4.20. The summed E-state index contributed by atoms with van der Waals surface area (Å²) in [6.07, 6.45) is 0.719. The van der Waals surface area contributed by atoms with Crippen LogP contribution in [-0.4, -0.2) is 37.1 Å². The van der Waals surface area contributed by atoms with E-state index in [-0.39, 0.29) is 17.0 Å². The molecule has 6 heteroatoms. The Morgan fingerprint density at radius 2 is 1.84 bits per heavy atom. The van der Waals surface area contributed by atoms with E-state index in [0.29, 0.717) is 18.0 Å². The van der Waals surface area contributed by atoms with E-state index in [9.17, 15) is 9.59 Å². The second-order valence-corrected chi connectivity index (χ2v) is 5.88. The summed E-state index contributed by atoms with van der Waals surface area (Å²) in [6, 6.07) is 7.13. The molecular weight excluding hydrogens is 320 g/mol. The van der Waals surface area contributed by atoms with Crippen molar-refractivity contribution in [2.24, 2.45) is 0 Å². The fourth-order valence-electron chi connectivity index (χ4n) is 2.73. The molecular formula is C19H24N2O4. The first-order valence-corrected chi connectivity index (χ1v) is 8.10. The van der Waals surface area contributed by atoms with Crippen LogP contribution in [0, 0.1) is 6.92 Å². The van der Waals surface area contributed by atoms with E-state index >= 15 is 0 Å². The number of hydrogen-bond donors (Lipinski definition) is 1. The van der Waals surface area contributed by atoms with Gasteiger partial charge in [-0.3, -0.25) is 9.59 Å². The molecule has 2 rings (SSSR count). The highest BCUT2D eigenvalue weighted by atomic mass is 16.5. The molecule has 6 nitrogen and oxygen atoms in total. The zero-order valence-corrected chi connectivity index (χ0v) is 15.3. The lowest BCUT2D eigenvalue weighted by Gasteiger charge is -2.18. The van der Waals surface area contributed by atoms with Crippen molar-refractivity contribution in [3.63, 3.8) is 0 Å². The SMILES string of the molecule is CCc1[nH]c(=O)c(C(=O)N(C)Cc2ccc(OC)c(OC)c2)cc1C. The average molecular weight is 344 g/mol. The van der Waals surface area contributed by atoms with Gasteiger partial charge in [-0.15, -0.1) is 0 Å². The van der Waals surface area contributed by atoms with Gasteiger partial charge in [-0.2, -0.15) is 0 Å². The molecule has 0 radical (unpaired) electrons. The highest BCUT2D eigenvalue weighted by Gasteiger charge is 2.18. The van der Waals surface area contributed by atoms with E-state index in [4.69, 9.17) is 9.47 Å². The Balaban J connectivity index is 2.24. The Kier molecular flexibility index (Phi) is 5.85. The fraction of sp³-hybridized carbons (Fsp3) is 0.368. The summed E-state index contributed by atoms with van der Waals surface area (Å²) in [4.78, 5) is 29.1. The zero-order chi connectivity index (χ0) is 18.6. The molecule has 25 heavy (non-hydrogen) atoms. The number of nitrogens with zero attached hydrogens (tertiary/aromatic N) is 1. The van der Waals surface area contributed by atoms with E-state index in [1.807, 2.05) is 26.0 Å². The second kappa shape index (κ2) is 7.88. The Morgan fingerprint density at radius 3 is 2.44 bits per heavy atom. The molecule has 0 saturated heterocycles. The summed E-state index contributed by atoms with van der Waals surface area (Å²) >= 11 is 0. The summed E-state index contributed by atoms with van der Waals surface area (Å²) in [5, 5.41) is 0. The van der Waals surface area contributed by atoms with Crippen LogP contribution in [-0.2, 0) is 13.0 Å². The summed E-state index contributed by atoms with van der Waals surface area (Å²) in [5.41, 5.74) is 2.44. The van der Waals surface area contributed by atoms with Crippen molar-refractivity contribution in [2.75, 3.05) is 21.3 Å². The first-order chi connectivity index (χ1) is 11.9. The number of aromatic nitrogens is 1. The Labute approximate surface area is 147 Å². The Morgan fingerprint density at radius 1 is 1.16 bits per heavy atom. The van der Waals surface area contributed by atoms with Gasteiger partial charge in [0.1, 0.15) is 5.56 Å². The molecule has 1 aromatic carbocycles. The molecule has 1 aromatic heterocycles. The zero-order valence-electron chi connectivity index (χ0n) is 15.3. The minimum atomic E-state index is -0.355. The predicted octanol–water partition coefficient (Wildman–Crippen LogP) is 2.54. The number of benzene rings is 1. The number of ether oxygens (including phenoxy) is 2. The summed E-state index contributed by atoms with van der Waals surface area (Å²) in [7, 11) is 4.80. The molecule has 0 aliphatic rings. The van der Waals surface area contributed by atoms with E-state index in [0.717, 1.165) is 23.2 Å². The standard InChI is InChI=1S/C19H24N2O4/c1-6-15-12(2)9-14(18(22)20-15)19(23)21(3)11-13-7-8-16(24-4)17(10-13)25-5/h7-10H,6,11H2,1-5H3,(H,20,22). The van der Waals surface area contributed by atoms with Crippen LogP contribution in [0.15, 0.2) is 29.1 Å². The number of nitrogens with one attached hydrogen (secondary N) is 1. The highest BCUT2D eigenvalue weighted by Crippen LogP contribution is 2.28. The molecule has 0 saturated carbocycles. The number of H-pyrrole nitrogens is 1. The molecule has 0 aliphatic carbocycles. The first kappa shape index (κ1) is 18.6. The number of methoxy groups -OCH3 is 2. The topological polar surface area (TPSA) is 71.6 Å². The van der Waals surface area contributed by atoms with Gasteiger partial charge in [-0.25, -0.2) is 0 Å². The number of carbonyl (C=O) groups excluding carboxylic acids is 1.